The van der Waals surface area contributed by atoms with Crippen molar-refractivity contribution in [1.82, 2.24) is 0 Å². The molecule has 1 saturated heterocycles. The van der Waals surface area contributed by atoms with E-state index in [-0.39, 0.29) is 11.5 Å². The smallest absolute Gasteiger partial charge is 0.0919 e. The molecule has 0 N–H and O–H groups in total. The number of hydrogen-bond donors (Lipinski definition) is 0. The molecule has 3 atom stereocenters. The van der Waals surface area contributed by atoms with E-state index < -0.39 is 0 Å². The molecule has 1 nitrogen and oxygen atoms in total. The molecule has 1 aromatic carbocycles. The second-order valence-corrected chi connectivity index (χ2v) is 6.25. The minimum absolute atomic E-state index is 0.0970. The zero-order valence-electron chi connectivity index (χ0n) is 12.0. The molecular weight excluding hydrogens is 232 g/mol. The van der Waals surface area contributed by atoms with Crippen molar-refractivity contribution < 1.29 is 4.74 Å². The first-order valence-corrected chi connectivity index (χ1v) is 7.19. The highest BCUT2D eigenvalue weighted by molar-refractivity contribution is 5.35. The zero-order valence-corrected chi connectivity index (χ0v) is 12.0. The van der Waals surface area contributed by atoms with Gasteiger partial charge >= 0.3 is 0 Å². The van der Waals surface area contributed by atoms with E-state index >= 15 is 0 Å². The predicted octanol–water partition coefficient (Wildman–Crippen LogP) is 4.53. The third-order valence-corrected chi connectivity index (χ3v) is 4.60. The molecule has 3 rings (SSSR count). The van der Waals surface area contributed by atoms with Gasteiger partial charge in [0.1, 0.15) is 0 Å². The van der Waals surface area contributed by atoms with Crippen LogP contribution < -0.4 is 0 Å². The Morgan fingerprint density at radius 1 is 1.21 bits per heavy atom. The fourth-order valence-corrected chi connectivity index (χ4v) is 3.22. The molecule has 1 heterocycles. The van der Waals surface area contributed by atoms with Gasteiger partial charge in [-0.25, -0.2) is 0 Å². The van der Waals surface area contributed by atoms with E-state index in [1.807, 2.05) is 0 Å². The van der Waals surface area contributed by atoms with Gasteiger partial charge < -0.3 is 4.74 Å². The number of hydrogen-bond acceptors (Lipinski definition) is 1. The molecule has 1 heteroatoms. The number of ether oxygens (including phenoxy) is 1. The Hall–Kier alpha value is -1.34. The summed E-state index contributed by atoms with van der Waals surface area (Å²) >= 11 is 0. The molecule has 1 aliphatic carbocycles. The first-order valence-electron chi connectivity index (χ1n) is 7.19. The predicted molar refractivity (Wildman–Crippen MR) is 78.8 cm³/mol. The van der Waals surface area contributed by atoms with Crippen LogP contribution in [0, 0.1) is 17.3 Å². The van der Waals surface area contributed by atoms with Crippen LogP contribution in [-0.4, -0.2) is 6.61 Å². The van der Waals surface area contributed by atoms with Gasteiger partial charge in [0.2, 0.25) is 0 Å². The lowest BCUT2D eigenvalue weighted by molar-refractivity contribution is 0.0739. The van der Waals surface area contributed by atoms with Crippen LogP contribution >= 0.6 is 0 Å². The molecule has 0 amide bonds. The van der Waals surface area contributed by atoms with E-state index in [2.05, 4.69) is 69.3 Å². The maximum atomic E-state index is 6.12. The average molecular weight is 254 g/mol. The summed E-state index contributed by atoms with van der Waals surface area (Å²) in [7, 11) is 0. The molecule has 0 bridgehead atoms. The number of fused-ring (bicyclic) bond motifs is 1. The zero-order chi connectivity index (χ0) is 13.5. The lowest BCUT2D eigenvalue weighted by Gasteiger charge is -2.34. The van der Waals surface area contributed by atoms with Gasteiger partial charge in [0.05, 0.1) is 12.7 Å². The van der Waals surface area contributed by atoms with Crippen LogP contribution in [0.1, 0.15) is 32.4 Å². The van der Waals surface area contributed by atoms with E-state index in [1.54, 1.807) is 0 Å². The summed E-state index contributed by atoms with van der Waals surface area (Å²) in [4.78, 5) is 0. The van der Waals surface area contributed by atoms with Gasteiger partial charge in [0.25, 0.3) is 0 Å². The lowest BCUT2D eigenvalue weighted by atomic mass is 9.69. The van der Waals surface area contributed by atoms with Crippen molar-refractivity contribution in [2.75, 3.05) is 6.61 Å². The van der Waals surface area contributed by atoms with Crippen LogP contribution in [0.25, 0.3) is 0 Å². The molecule has 0 saturated carbocycles. The second-order valence-electron chi connectivity index (χ2n) is 6.25. The number of rotatable bonds is 2. The van der Waals surface area contributed by atoms with Crippen molar-refractivity contribution in [3.63, 3.8) is 0 Å². The van der Waals surface area contributed by atoms with Crippen LogP contribution in [0.2, 0.25) is 0 Å². The third kappa shape index (κ3) is 2.06. The average Bonchev–Trinajstić information content (AvgIpc) is 2.75. The van der Waals surface area contributed by atoms with Crippen molar-refractivity contribution in [3.8, 4) is 0 Å². The largest absolute Gasteiger partial charge is 0.372 e. The van der Waals surface area contributed by atoms with Gasteiger partial charge in [-0.05, 0) is 17.1 Å². The van der Waals surface area contributed by atoms with Gasteiger partial charge in [-0.2, -0.15) is 0 Å². The SMILES string of the molecule is CC(C)C1=C[C@@H]2CO[C@H](c3ccccc3)[C@]2(C)C=C1. The molecule has 1 aromatic rings. The highest BCUT2D eigenvalue weighted by Gasteiger charge is 2.47. The van der Waals surface area contributed by atoms with Crippen molar-refractivity contribution in [3.05, 3.63) is 59.7 Å². The van der Waals surface area contributed by atoms with E-state index in [4.69, 9.17) is 4.74 Å². The third-order valence-electron chi connectivity index (χ3n) is 4.60. The number of benzene rings is 1. The highest BCUT2D eigenvalue weighted by Crippen LogP contribution is 2.52. The quantitative estimate of drug-likeness (QED) is 0.753. The van der Waals surface area contributed by atoms with Crippen LogP contribution in [0.5, 0.6) is 0 Å². The maximum Gasteiger partial charge on any atom is 0.0919 e. The molecule has 100 valence electrons. The Bertz CT molecular complexity index is 512. The normalized spacial score (nSPS) is 33.4. The summed E-state index contributed by atoms with van der Waals surface area (Å²) in [5, 5.41) is 0. The van der Waals surface area contributed by atoms with Crippen LogP contribution in [-0.2, 0) is 4.74 Å². The van der Waals surface area contributed by atoms with Gasteiger partial charge in [0, 0.05) is 11.3 Å². The molecule has 1 aliphatic heterocycles. The molecule has 0 aromatic heterocycles. The van der Waals surface area contributed by atoms with Crippen molar-refractivity contribution >= 4 is 0 Å². The Labute approximate surface area is 116 Å². The molecular formula is C18H22O. The van der Waals surface area contributed by atoms with Crippen LogP contribution in [0.4, 0.5) is 0 Å². The fourth-order valence-electron chi connectivity index (χ4n) is 3.22. The standard InChI is InChI=1S/C18H22O/c1-13(2)15-9-10-18(3)16(11-15)12-19-17(18)14-7-5-4-6-8-14/h4-11,13,16-17H,12H2,1-3H3/t16-,17-,18-/m1/s1. The van der Waals surface area contributed by atoms with Crippen molar-refractivity contribution in [1.29, 1.82) is 0 Å². The van der Waals surface area contributed by atoms with E-state index in [0.29, 0.717) is 11.8 Å². The number of allylic oxidation sites excluding steroid dienone is 2. The topological polar surface area (TPSA) is 9.23 Å². The van der Waals surface area contributed by atoms with Crippen molar-refractivity contribution in [2.45, 2.75) is 26.9 Å². The summed E-state index contributed by atoms with van der Waals surface area (Å²) in [6, 6.07) is 10.6. The summed E-state index contributed by atoms with van der Waals surface area (Å²) in [5.41, 5.74) is 2.83. The van der Waals surface area contributed by atoms with Crippen molar-refractivity contribution in [2.24, 2.45) is 17.3 Å². The molecule has 0 unspecified atom stereocenters. The van der Waals surface area contributed by atoms with Gasteiger partial charge in [-0.15, -0.1) is 0 Å². The van der Waals surface area contributed by atoms with E-state index in [0.717, 1.165) is 6.61 Å². The molecule has 0 spiro atoms. The van der Waals surface area contributed by atoms with Crippen LogP contribution in [0.15, 0.2) is 54.1 Å². The highest BCUT2D eigenvalue weighted by atomic mass is 16.5. The molecule has 0 radical (unpaired) electrons. The summed E-state index contributed by atoms with van der Waals surface area (Å²) in [6.45, 7) is 7.66. The van der Waals surface area contributed by atoms with E-state index in [9.17, 15) is 0 Å². The fraction of sp³-hybridized carbons (Fsp3) is 0.444. The monoisotopic (exact) mass is 254 g/mol. The first kappa shape index (κ1) is 12.7. The minimum atomic E-state index is 0.0970. The Kier molecular flexibility index (Phi) is 3.10. The first-order chi connectivity index (χ1) is 9.11. The van der Waals surface area contributed by atoms with E-state index in [1.165, 1.54) is 11.1 Å². The second kappa shape index (κ2) is 4.64. The molecule has 2 aliphatic rings. The van der Waals surface area contributed by atoms with Gasteiger partial charge in [-0.1, -0.05) is 69.3 Å². The maximum absolute atomic E-state index is 6.12. The minimum Gasteiger partial charge on any atom is -0.372 e. The Morgan fingerprint density at radius 3 is 2.63 bits per heavy atom. The Morgan fingerprint density at radius 2 is 1.95 bits per heavy atom. The van der Waals surface area contributed by atoms with Gasteiger partial charge in [-0.3, -0.25) is 0 Å². The van der Waals surface area contributed by atoms with Gasteiger partial charge in [0.15, 0.2) is 0 Å². The summed E-state index contributed by atoms with van der Waals surface area (Å²) in [6.07, 6.45) is 7.27. The lowest BCUT2D eigenvalue weighted by Crippen LogP contribution is -2.27. The van der Waals surface area contributed by atoms with Crippen LogP contribution in [0.3, 0.4) is 0 Å². The Balaban J connectivity index is 1.93. The molecule has 1 fully saturated rings. The molecule has 19 heavy (non-hydrogen) atoms. The summed E-state index contributed by atoms with van der Waals surface area (Å²) < 4.78 is 6.12. The summed E-state index contributed by atoms with van der Waals surface area (Å²) in [5.74, 6) is 1.09.